The summed E-state index contributed by atoms with van der Waals surface area (Å²) < 4.78 is 5.35. The van der Waals surface area contributed by atoms with Crippen molar-refractivity contribution in [3.63, 3.8) is 0 Å². The van der Waals surface area contributed by atoms with Gasteiger partial charge in [-0.15, -0.1) is 0 Å². The minimum Gasteiger partial charge on any atom is -0.444 e. The van der Waals surface area contributed by atoms with Crippen LogP contribution in [0.2, 0.25) is 0 Å². The topological polar surface area (TPSA) is 89.8 Å². The predicted octanol–water partition coefficient (Wildman–Crippen LogP) is 2.58. The smallest absolute Gasteiger partial charge is 0.339 e. The Bertz CT molecular complexity index is 741. The number of non-ortho nitro benzene ring substituents is 1. The van der Waals surface area contributed by atoms with Crippen molar-refractivity contribution in [2.45, 2.75) is 6.10 Å². The molecule has 0 saturated heterocycles. The summed E-state index contributed by atoms with van der Waals surface area (Å²) in [5.74, 6) is -1.11. The Morgan fingerprint density at radius 3 is 2.12 bits per heavy atom. The van der Waals surface area contributed by atoms with Crippen LogP contribution in [0, 0.1) is 10.1 Å². The SMILES string of the molecule is CN(C)C(=O)C(OC(=O)c1ccc([N+](=O)[O-])cc1)c1ccccc1. The quantitative estimate of drug-likeness (QED) is 0.478. The van der Waals surface area contributed by atoms with E-state index in [1.807, 2.05) is 0 Å². The van der Waals surface area contributed by atoms with E-state index in [1.54, 1.807) is 44.4 Å². The van der Waals surface area contributed by atoms with Gasteiger partial charge in [-0.1, -0.05) is 30.3 Å². The molecule has 0 aliphatic carbocycles. The third kappa shape index (κ3) is 3.95. The number of nitrogens with zero attached hydrogens (tertiary/aromatic N) is 2. The molecular formula is C17H16N2O5. The fraction of sp³-hybridized carbons (Fsp3) is 0.176. The van der Waals surface area contributed by atoms with Gasteiger partial charge in [-0.2, -0.15) is 0 Å². The number of carbonyl (C=O) groups is 2. The molecule has 24 heavy (non-hydrogen) atoms. The van der Waals surface area contributed by atoms with Crippen LogP contribution >= 0.6 is 0 Å². The van der Waals surface area contributed by atoms with Crippen LogP contribution in [0.5, 0.6) is 0 Å². The monoisotopic (exact) mass is 328 g/mol. The van der Waals surface area contributed by atoms with Gasteiger partial charge < -0.3 is 9.64 Å². The third-order valence-electron chi connectivity index (χ3n) is 3.31. The summed E-state index contributed by atoms with van der Waals surface area (Å²) in [6.07, 6.45) is -1.08. The molecule has 0 spiro atoms. The molecule has 0 aliphatic heterocycles. The first-order valence-corrected chi connectivity index (χ1v) is 7.11. The highest BCUT2D eigenvalue weighted by molar-refractivity contribution is 5.92. The summed E-state index contributed by atoms with van der Waals surface area (Å²) >= 11 is 0. The van der Waals surface area contributed by atoms with Crippen molar-refractivity contribution in [2.24, 2.45) is 0 Å². The zero-order chi connectivity index (χ0) is 17.7. The summed E-state index contributed by atoms with van der Waals surface area (Å²) in [5, 5.41) is 10.6. The number of hydrogen-bond acceptors (Lipinski definition) is 5. The van der Waals surface area contributed by atoms with Crippen molar-refractivity contribution < 1.29 is 19.2 Å². The fourth-order valence-electron chi connectivity index (χ4n) is 2.02. The maximum atomic E-state index is 12.3. The van der Waals surface area contributed by atoms with Gasteiger partial charge in [-0.3, -0.25) is 14.9 Å². The number of hydrogen-bond donors (Lipinski definition) is 0. The Morgan fingerprint density at radius 1 is 1.04 bits per heavy atom. The van der Waals surface area contributed by atoms with Crippen LogP contribution in [-0.4, -0.2) is 35.8 Å². The standard InChI is InChI=1S/C17H16N2O5/c1-18(2)16(20)15(12-6-4-3-5-7-12)24-17(21)13-8-10-14(11-9-13)19(22)23/h3-11,15H,1-2H3. The van der Waals surface area contributed by atoms with Crippen molar-refractivity contribution in [1.82, 2.24) is 4.90 Å². The number of carbonyl (C=O) groups excluding carboxylic acids is 2. The second-order valence-corrected chi connectivity index (χ2v) is 5.23. The normalized spacial score (nSPS) is 11.4. The summed E-state index contributed by atoms with van der Waals surface area (Å²) in [7, 11) is 3.13. The van der Waals surface area contributed by atoms with E-state index in [4.69, 9.17) is 4.74 Å². The van der Waals surface area contributed by atoms with E-state index in [2.05, 4.69) is 0 Å². The van der Waals surface area contributed by atoms with Gasteiger partial charge in [0.1, 0.15) is 0 Å². The molecule has 0 saturated carbocycles. The molecule has 0 aromatic heterocycles. The number of esters is 1. The average molecular weight is 328 g/mol. The summed E-state index contributed by atoms with van der Waals surface area (Å²) in [6, 6.07) is 13.7. The molecule has 124 valence electrons. The largest absolute Gasteiger partial charge is 0.444 e. The average Bonchev–Trinajstić information content (AvgIpc) is 2.59. The van der Waals surface area contributed by atoms with E-state index >= 15 is 0 Å². The lowest BCUT2D eigenvalue weighted by molar-refractivity contribution is -0.384. The van der Waals surface area contributed by atoms with Gasteiger partial charge in [0.25, 0.3) is 11.6 Å². The molecule has 1 atom stereocenters. The second-order valence-electron chi connectivity index (χ2n) is 5.23. The number of nitro groups is 1. The minimum atomic E-state index is -1.08. The highest BCUT2D eigenvalue weighted by Gasteiger charge is 2.27. The lowest BCUT2D eigenvalue weighted by Crippen LogP contribution is -2.31. The third-order valence-corrected chi connectivity index (χ3v) is 3.31. The number of rotatable bonds is 5. The van der Waals surface area contributed by atoms with E-state index < -0.39 is 17.0 Å². The van der Waals surface area contributed by atoms with Crippen LogP contribution in [0.4, 0.5) is 5.69 Å². The van der Waals surface area contributed by atoms with Gasteiger partial charge >= 0.3 is 5.97 Å². The maximum Gasteiger partial charge on any atom is 0.339 e. The van der Waals surface area contributed by atoms with Gasteiger partial charge in [0, 0.05) is 31.8 Å². The van der Waals surface area contributed by atoms with Crippen molar-refractivity contribution in [3.05, 3.63) is 75.8 Å². The molecule has 2 aromatic rings. The molecule has 7 nitrogen and oxygen atoms in total. The zero-order valence-corrected chi connectivity index (χ0v) is 13.2. The van der Waals surface area contributed by atoms with Gasteiger partial charge in [-0.05, 0) is 12.1 Å². The molecule has 1 amide bonds. The predicted molar refractivity (Wildman–Crippen MR) is 86.4 cm³/mol. The lowest BCUT2D eigenvalue weighted by Gasteiger charge is -2.21. The Balaban J connectivity index is 2.24. The second kappa shape index (κ2) is 7.36. The molecule has 0 radical (unpaired) electrons. The molecule has 0 N–H and O–H groups in total. The van der Waals surface area contributed by atoms with E-state index in [0.717, 1.165) is 0 Å². The van der Waals surface area contributed by atoms with Gasteiger partial charge in [0.2, 0.25) is 6.10 Å². The first kappa shape index (κ1) is 17.1. The van der Waals surface area contributed by atoms with E-state index in [0.29, 0.717) is 5.56 Å². The van der Waals surface area contributed by atoms with Crippen LogP contribution in [-0.2, 0) is 9.53 Å². The number of ether oxygens (including phenoxy) is 1. The van der Waals surface area contributed by atoms with Crippen LogP contribution in [0.1, 0.15) is 22.0 Å². The van der Waals surface area contributed by atoms with Crippen LogP contribution in [0.25, 0.3) is 0 Å². The number of likely N-dealkylation sites (N-methyl/N-ethyl adjacent to an activating group) is 1. The van der Waals surface area contributed by atoms with E-state index in [1.165, 1.54) is 29.2 Å². The zero-order valence-electron chi connectivity index (χ0n) is 13.2. The highest BCUT2D eigenvalue weighted by Crippen LogP contribution is 2.22. The molecule has 0 heterocycles. The molecule has 2 aromatic carbocycles. The van der Waals surface area contributed by atoms with E-state index in [9.17, 15) is 19.7 Å². The Hall–Kier alpha value is -3.22. The molecule has 0 fully saturated rings. The number of amides is 1. The molecule has 0 aliphatic rings. The minimum absolute atomic E-state index is 0.129. The number of benzene rings is 2. The van der Waals surface area contributed by atoms with Gasteiger partial charge in [0.05, 0.1) is 10.5 Å². The van der Waals surface area contributed by atoms with Crippen molar-refractivity contribution in [2.75, 3.05) is 14.1 Å². The van der Waals surface area contributed by atoms with Crippen LogP contribution in [0.3, 0.4) is 0 Å². The molecule has 7 heteroatoms. The highest BCUT2D eigenvalue weighted by atomic mass is 16.6. The summed E-state index contributed by atoms with van der Waals surface area (Å²) in [6.45, 7) is 0. The van der Waals surface area contributed by atoms with Crippen LogP contribution < -0.4 is 0 Å². The first-order chi connectivity index (χ1) is 11.4. The molecule has 1 unspecified atom stereocenters. The fourth-order valence-corrected chi connectivity index (χ4v) is 2.02. The lowest BCUT2D eigenvalue weighted by atomic mass is 10.1. The molecule has 2 rings (SSSR count). The first-order valence-electron chi connectivity index (χ1n) is 7.11. The molecule has 0 bridgehead atoms. The van der Waals surface area contributed by atoms with Crippen molar-refractivity contribution in [1.29, 1.82) is 0 Å². The van der Waals surface area contributed by atoms with Crippen molar-refractivity contribution in [3.8, 4) is 0 Å². The van der Waals surface area contributed by atoms with E-state index in [-0.39, 0.29) is 17.2 Å². The van der Waals surface area contributed by atoms with Gasteiger partial charge in [0.15, 0.2) is 0 Å². The van der Waals surface area contributed by atoms with Crippen LogP contribution in [0.15, 0.2) is 54.6 Å². The van der Waals surface area contributed by atoms with Gasteiger partial charge in [-0.25, -0.2) is 4.79 Å². The van der Waals surface area contributed by atoms with Crippen molar-refractivity contribution >= 4 is 17.6 Å². The maximum absolute atomic E-state index is 12.3. The summed E-state index contributed by atoms with van der Waals surface area (Å²) in [4.78, 5) is 36.0. The number of nitro benzene ring substituents is 1. The Labute approximate surface area is 138 Å². The molecular weight excluding hydrogens is 312 g/mol. The Morgan fingerprint density at radius 2 is 1.62 bits per heavy atom. The Kier molecular flexibility index (Phi) is 5.26. The summed E-state index contributed by atoms with van der Waals surface area (Å²) in [5.41, 5.74) is 0.551.